The lowest BCUT2D eigenvalue weighted by molar-refractivity contribution is 0.947. The number of nitrogens with one attached hydrogen (secondary N) is 2. The second-order valence-electron chi connectivity index (χ2n) is 7.67. The molecule has 0 spiro atoms. The van der Waals surface area contributed by atoms with E-state index in [2.05, 4.69) is 80.5 Å². The van der Waals surface area contributed by atoms with Gasteiger partial charge in [0.25, 0.3) is 0 Å². The normalized spacial score (nSPS) is 12.4. The van der Waals surface area contributed by atoms with E-state index in [0.717, 1.165) is 23.1 Å². The fourth-order valence-electron chi connectivity index (χ4n) is 3.63. The van der Waals surface area contributed by atoms with Gasteiger partial charge in [-0.2, -0.15) is 0 Å². The lowest BCUT2D eigenvalue weighted by Gasteiger charge is -2.12. The van der Waals surface area contributed by atoms with E-state index in [1.54, 1.807) is 19.5 Å². The fraction of sp³-hybridized carbons (Fsp3) is 0.200. The van der Waals surface area contributed by atoms with Gasteiger partial charge in [-0.3, -0.25) is 0 Å². The van der Waals surface area contributed by atoms with Gasteiger partial charge in [-0.1, -0.05) is 18.7 Å². The van der Waals surface area contributed by atoms with Crippen LogP contribution in [-0.2, 0) is 13.5 Å². The molecule has 0 aliphatic carbocycles. The van der Waals surface area contributed by atoms with Crippen molar-refractivity contribution in [2.24, 2.45) is 12.0 Å². The molecule has 2 N–H and O–H groups in total. The van der Waals surface area contributed by atoms with Crippen molar-refractivity contribution in [3.63, 3.8) is 0 Å². The maximum Gasteiger partial charge on any atom is 0.223 e. The molecule has 0 fully saturated rings. The van der Waals surface area contributed by atoms with Crippen LogP contribution in [0.25, 0.3) is 23.4 Å². The largest absolute Gasteiger partial charge is 0.357 e. The fourth-order valence-corrected chi connectivity index (χ4v) is 3.63. The number of anilines is 2. The van der Waals surface area contributed by atoms with E-state index in [9.17, 15) is 0 Å². The molecule has 0 aliphatic heterocycles. The number of hydrogen-bond donors (Lipinski definition) is 2. The van der Waals surface area contributed by atoms with E-state index in [1.165, 1.54) is 16.7 Å². The van der Waals surface area contributed by atoms with Crippen LogP contribution < -0.4 is 21.2 Å². The topological polar surface area (TPSA) is 80.0 Å². The van der Waals surface area contributed by atoms with Gasteiger partial charge in [0.2, 0.25) is 5.95 Å². The van der Waals surface area contributed by atoms with Crippen molar-refractivity contribution in [3.05, 3.63) is 76.2 Å². The summed E-state index contributed by atoms with van der Waals surface area (Å²) in [5, 5.41) is 7.72. The molecule has 7 heteroatoms. The molecular weight excluding hydrogens is 398 g/mol. The van der Waals surface area contributed by atoms with Gasteiger partial charge in [-0.05, 0) is 61.2 Å². The van der Waals surface area contributed by atoms with Crippen molar-refractivity contribution >= 4 is 41.3 Å². The number of rotatable bonds is 6. The van der Waals surface area contributed by atoms with E-state index in [1.807, 2.05) is 24.9 Å². The van der Waals surface area contributed by atoms with Crippen LogP contribution in [0.5, 0.6) is 0 Å². The van der Waals surface area contributed by atoms with Crippen LogP contribution in [0.4, 0.5) is 11.6 Å². The third-order valence-electron chi connectivity index (χ3n) is 5.36. The summed E-state index contributed by atoms with van der Waals surface area (Å²) in [7, 11) is 3.79. The molecule has 0 atom stereocenters. The minimum atomic E-state index is 0.523. The smallest absolute Gasteiger partial charge is 0.223 e. The Balaban J connectivity index is 1.63. The van der Waals surface area contributed by atoms with Crippen molar-refractivity contribution in [3.8, 4) is 0 Å². The molecule has 2 aromatic carbocycles. The van der Waals surface area contributed by atoms with Crippen LogP contribution in [0.2, 0.25) is 0 Å². The van der Waals surface area contributed by atoms with Gasteiger partial charge in [-0.25, -0.2) is 19.9 Å². The summed E-state index contributed by atoms with van der Waals surface area (Å²) in [6.07, 6.45) is 6.12. The van der Waals surface area contributed by atoms with Crippen LogP contribution >= 0.6 is 0 Å². The summed E-state index contributed by atoms with van der Waals surface area (Å²) < 4.78 is 2.03. The van der Waals surface area contributed by atoms with Crippen LogP contribution in [0.1, 0.15) is 23.6 Å². The number of hydrogen-bond acceptors (Lipinski definition) is 6. The molecule has 4 aromatic rings. The average Bonchev–Trinajstić information content (AvgIpc) is 3.16. The Morgan fingerprint density at radius 3 is 2.78 bits per heavy atom. The van der Waals surface area contributed by atoms with E-state index in [-0.39, 0.29) is 0 Å². The van der Waals surface area contributed by atoms with Crippen molar-refractivity contribution in [1.82, 2.24) is 19.5 Å². The Morgan fingerprint density at radius 2 is 2.03 bits per heavy atom. The second kappa shape index (κ2) is 9.01. The Labute approximate surface area is 187 Å². The maximum absolute atomic E-state index is 4.52. The molecule has 162 valence electrons. The van der Waals surface area contributed by atoms with Crippen LogP contribution in [0, 0.1) is 6.92 Å². The zero-order chi connectivity index (χ0) is 22.7. The second-order valence-corrected chi connectivity index (χ2v) is 7.67. The molecule has 7 nitrogen and oxygen atoms in total. The van der Waals surface area contributed by atoms with Crippen molar-refractivity contribution in [1.29, 1.82) is 0 Å². The van der Waals surface area contributed by atoms with Crippen LogP contribution in [0.15, 0.2) is 53.9 Å². The van der Waals surface area contributed by atoms with Gasteiger partial charge in [0.15, 0.2) is 5.82 Å². The summed E-state index contributed by atoms with van der Waals surface area (Å²) in [6, 6.07) is 12.8. The lowest BCUT2D eigenvalue weighted by Crippen LogP contribution is -2.32. The predicted molar refractivity (Wildman–Crippen MR) is 132 cm³/mol. The first-order valence-corrected chi connectivity index (χ1v) is 10.5. The van der Waals surface area contributed by atoms with Gasteiger partial charge >= 0.3 is 0 Å². The van der Waals surface area contributed by atoms with Crippen molar-refractivity contribution in [2.45, 2.75) is 20.3 Å². The standard InChI is InChI=1S/C25H27N7/c1-6-27-24(23-17(3)14-28-25(26-4)31-23)30-20-9-8-19(16(2)11-20)12-18-7-10-22-21(13-18)29-15-32(22)5/h6-11,13-15,30H,3,12H2,1-2,4-5H3,(H,26,31)/b24-23-,27-6?. The monoisotopic (exact) mass is 425 g/mol. The molecule has 0 aliphatic rings. The quantitative estimate of drug-likeness (QED) is 0.464. The molecule has 0 amide bonds. The number of benzene rings is 2. The molecule has 0 saturated carbocycles. The lowest BCUT2D eigenvalue weighted by atomic mass is 9.99. The van der Waals surface area contributed by atoms with Gasteiger partial charge in [0, 0.05) is 37.4 Å². The van der Waals surface area contributed by atoms with E-state index in [4.69, 9.17) is 0 Å². The van der Waals surface area contributed by atoms with Crippen molar-refractivity contribution in [2.75, 3.05) is 17.7 Å². The van der Waals surface area contributed by atoms with Gasteiger partial charge in [0.05, 0.1) is 17.4 Å². The summed E-state index contributed by atoms with van der Waals surface area (Å²) in [5.41, 5.74) is 6.81. The first kappa shape index (κ1) is 21.2. The molecule has 0 saturated heterocycles. The SMILES string of the molecule is C=c1cnc(NC)n/c1=C(/N=CC)Nc1ccc(Cc2ccc3c(c2)ncn3C)c(C)c1. The first-order valence-electron chi connectivity index (χ1n) is 10.5. The minimum Gasteiger partial charge on any atom is -0.357 e. The van der Waals surface area contributed by atoms with E-state index in [0.29, 0.717) is 22.3 Å². The summed E-state index contributed by atoms with van der Waals surface area (Å²) in [4.78, 5) is 17.7. The highest BCUT2D eigenvalue weighted by atomic mass is 15.1. The molecule has 0 unspecified atom stereocenters. The number of imidazole rings is 1. The van der Waals surface area contributed by atoms with E-state index >= 15 is 0 Å². The molecule has 2 aromatic heterocycles. The van der Waals surface area contributed by atoms with Gasteiger partial charge in [-0.15, -0.1) is 0 Å². The molecular formula is C25H27N7. The number of fused-ring (bicyclic) bond motifs is 1. The Morgan fingerprint density at radius 1 is 1.19 bits per heavy atom. The Kier molecular flexibility index (Phi) is 5.98. The highest BCUT2D eigenvalue weighted by molar-refractivity contribution is 5.76. The van der Waals surface area contributed by atoms with Gasteiger partial charge < -0.3 is 15.2 Å². The van der Waals surface area contributed by atoms with Crippen LogP contribution in [0.3, 0.4) is 0 Å². The minimum absolute atomic E-state index is 0.523. The third kappa shape index (κ3) is 4.37. The summed E-state index contributed by atoms with van der Waals surface area (Å²) in [6.45, 7) is 8.04. The highest BCUT2D eigenvalue weighted by Crippen LogP contribution is 2.22. The first-order chi connectivity index (χ1) is 15.5. The maximum atomic E-state index is 4.52. The number of nitrogens with zero attached hydrogens (tertiary/aromatic N) is 5. The van der Waals surface area contributed by atoms with Crippen LogP contribution in [-0.4, -0.2) is 32.8 Å². The summed E-state index contributed by atoms with van der Waals surface area (Å²) >= 11 is 0. The number of aliphatic imine (C=N–C) groups is 1. The molecule has 2 heterocycles. The Bertz CT molecular complexity index is 1420. The molecule has 4 rings (SSSR count). The number of aromatic nitrogens is 4. The van der Waals surface area contributed by atoms with Gasteiger partial charge in [0.1, 0.15) is 5.35 Å². The summed E-state index contributed by atoms with van der Waals surface area (Å²) in [5.74, 6) is 1.15. The number of aryl methyl sites for hydroxylation is 2. The highest BCUT2D eigenvalue weighted by Gasteiger charge is 2.07. The average molecular weight is 426 g/mol. The zero-order valence-corrected chi connectivity index (χ0v) is 18.8. The molecule has 0 radical (unpaired) electrons. The predicted octanol–water partition coefficient (Wildman–Crippen LogP) is 2.98. The zero-order valence-electron chi connectivity index (χ0n) is 18.8. The third-order valence-corrected chi connectivity index (χ3v) is 5.36. The molecule has 0 bridgehead atoms. The van der Waals surface area contributed by atoms with E-state index < -0.39 is 0 Å². The Hall–Kier alpha value is -4.00. The van der Waals surface area contributed by atoms with Crippen molar-refractivity contribution < 1.29 is 0 Å². The molecule has 32 heavy (non-hydrogen) atoms.